The van der Waals surface area contributed by atoms with Gasteiger partial charge in [0.25, 0.3) is 0 Å². The topological polar surface area (TPSA) is 106 Å². The van der Waals surface area contributed by atoms with E-state index in [-0.39, 0.29) is 23.0 Å². The first-order valence-electron chi connectivity index (χ1n) is 11.0. The van der Waals surface area contributed by atoms with Crippen LogP contribution in [-0.4, -0.2) is 17.6 Å². The molecule has 32 heavy (non-hydrogen) atoms. The number of carbonyl (C=O) groups is 2. The summed E-state index contributed by atoms with van der Waals surface area (Å²) in [6.07, 6.45) is 2.99. The fourth-order valence-corrected chi connectivity index (χ4v) is 5.83. The van der Waals surface area contributed by atoms with Crippen LogP contribution >= 0.6 is 11.8 Å². The minimum atomic E-state index is -0.886. The molecular formula is C25H30N4O2S. The SMILES string of the molecule is Cc1cccc(NC(=O)CSC2=C(C#N)C3(CCC(C(C)(C)C)CC3)[C@H](C#N)C(=O)N2)c1. The van der Waals surface area contributed by atoms with Crippen LogP contribution in [0.3, 0.4) is 0 Å². The van der Waals surface area contributed by atoms with E-state index in [2.05, 4.69) is 43.5 Å². The molecule has 1 aromatic carbocycles. The average molecular weight is 451 g/mol. The van der Waals surface area contributed by atoms with Gasteiger partial charge < -0.3 is 10.6 Å². The third kappa shape index (κ3) is 4.84. The molecule has 2 aliphatic rings. The third-order valence-corrected chi connectivity index (χ3v) is 7.77. The van der Waals surface area contributed by atoms with Gasteiger partial charge in [-0.15, -0.1) is 0 Å². The molecule has 3 rings (SSSR count). The third-order valence-electron chi connectivity index (χ3n) is 6.77. The number of aryl methyl sites for hydroxylation is 1. The summed E-state index contributed by atoms with van der Waals surface area (Å²) < 4.78 is 0. The van der Waals surface area contributed by atoms with Crippen LogP contribution in [0.25, 0.3) is 0 Å². The molecule has 1 heterocycles. The number of rotatable bonds is 4. The van der Waals surface area contributed by atoms with Crippen LogP contribution in [0.5, 0.6) is 0 Å². The maximum atomic E-state index is 12.8. The number of benzene rings is 1. The highest BCUT2D eigenvalue weighted by Gasteiger charge is 2.53. The van der Waals surface area contributed by atoms with Gasteiger partial charge in [0.1, 0.15) is 5.92 Å². The molecule has 2 amide bonds. The van der Waals surface area contributed by atoms with E-state index in [1.165, 1.54) is 0 Å². The van der Waals surface area contributed by atoms with Crippen molar-refractivity contribution in [1.82, 2.24) is 5.32 Å². The summed E-state index contributed by atoms with van der Waals surface area (Å²) in [6.45, 7) is 8.58. The molecule has 1 saturated carbocycles. The molecule has 168 valence electrons. The van der Waals surface area contributed by atoms with E-state index in [4.69, 9.17) is 0 Å². The standard InChI is InChI=1S/C25H30N4O2S/c1-16-6-5-7-18(12-16)28-21(30)15-32-23-20(14-27)25(19(13-26)22(31)29-23)10-8-17(9-11-25)24(2,3)4/h5-7,12,17,19H,8-11,15H2,1-4H3,(H,28,30)(H,29,31)/t17?,19-,25?/m1/s1. The maximum absolute atomic E-state index is 12.8. The van der Waals surface area contributed by atoms with Crippen molar-refractivity contribution < 1.29 is 9.59 Å². The molecule has 6 nitrogen and oxygen atoms in total. The molecule has 1 aromatic rings. The van der Waals surface area contributed by atoms with Crippen molar-refractivity contribution in [2.75, 3.05) is 11.1 Å². The minimum absolute atomic E-state index is 0.0622. The van der Waals surface area contributed by atoms with Crippen LogP contribution in [0.2, 0.25) is 0 Å². The normalized spacial score (nSPS) is 25.6. The van der Waals surface area contributed by atoms with Crippen LogP contribution in [0.4, 0.5) is 5.69 Å². The molecule has 0 aromatic heterocycles. The molecule has 0 bridgehead atoms. The molecule has 0 unspecified atom stereocenters. The van der Waals surface area contributed by atoms with Crippen molar-refractivity contribution in [1.29, 1.82) is 10.5 Å². The monoisotopic (exact) mass is 450 g/mol. The summed E-state index contributed by atoms with van der Waals surface area (Å²) in [6, 6.07) is 12.0. The molecule has 0 radical (unpaired) electrons. The second-order valence-corrected chi connectivity index (χ2v) is 10.9. The van der Waals surface area contributed by atoms with Crippen LogP contribution in [-0.2, 0) is 9.59 Å². The number of anilines is 1. The van der Waals surface area contributed by atoms with E-state index in [1.54, 1.807) is 0 Å². The van der Waals surface area contributed by atoms with Crippen LogP contribution < -0.4 is 10.6 Å². The average Bonchev–Trinajstić information content (AvgIpc) is 2.72. The van der Waals surface area contributed by atoms with E-state index >= 15 is 0 Å². The van der Waals surface area contributed by atoms with E-state index < -0.39 is 11.3 Å². The van der Waals surface area contributed by atoms with Gasteiger partial charge in [-0.25, -0.2) is 0 Å². The number of thioether (sulfide) groups is 1. The summed E-state index contributed by atoms with van der Waals surface area (Å²) in [5.74, 6) is -0.931. The Morgan fingerprint density at radius 1 is 1.28 bits per heavy atom. The molecule has 1 fully saturated rings. The fourth-order valence-electron chi connectivity index (χ4n) is 4.92. The Bertz CT molecular complexity index is 1020. The van der Waals surface area contributed by atoms with Crippen molar-refractivity contribution >= 4 is 29.3 Å². The quantitative estimate of drug-likeness (QED) is 0.679. The van der Waals surface area contributed by atoms with Gasteiger partial charge in [0.2, 0.25) is 11.8 Å². The fraction of sp³-hybridized carbons (Fsp3) is 0.520. The van der Waals surface area contributed by atoms with Gasteiger partial charge in [-0.1, -0.05) is 44.7 Å². The van der Waals surface area contributed by atoms with Crippen molar-refractivity contribution in [3.05, 3.63) is 40.4 Å². The number of nitrogens with zero attached hydrogens (tertiary/aromatic N) is 2. The van der Waals surface area contributed by atoms with Gasteiger partial charge in [-0.2, -0.15) is 10.5 Å². The van der Waals surface area contributed by atoms with E-state index in [1.807, 2.05) is 31.2 Å². The number of allylic oxidation sites excluding steroid dienone is 1. The molecule has 1 atom stereocenters. The molecule has 2 N–H and O–H groups in total. The highest BCUT2D eigenvalue weighted by atomic mass is 32.2. The zero-order valence-corrected chi connectivity index (χ0v) is 19.9. The summed E-state index contributed by atoms with van der Waals surface area (Å²) in [7, 11) is 0. The second-order valence-electron chi connectivity index (χ2n) is 9.87. The highest BCUT2D eigenvalue weighted by molar-refractivity contribution is 8.03. The molecule has 0 saturated heterocycles. The van der Waals surface area contributed by atoms with E-state index in [9.17, 15) is 20.1 Å². The Labute approximate surface area is 194 Å². The van der Waals surface area contributed by atoms with Gasteiger partial charge in [0, 0.05) is 11.1 Å². The number of nitrogens with one attached hydrogen (secondary N) is 2. The van der Waals surface area contributed by atoms with Crippen molar-refractivity contribution in [2.45, 2.75) is 53.4 Å². The highest BCUT2D eigenvalue weighted by Crippen LogP contribution is 2.55. The van der Waals surface area contributed by atoms with Gasteiger partial charge in [-0.05, 0) is 61.6 Å². The van der Waals surface area contributed by atoms with E-state index in [0.29, 0.717) is 35.0 Å². The van der Waals surface area contributed by atoms with Crippen molar-refractivity contribution in [2.24, 2.45) is 22.7 Å². The Morgan fingerprint density at radius 3 is 2.53 bits per heavy atom. The predicted molar refractivity (Wildman–Crippen MR) is 126 cm³/mol. The van der Waals surface area contributed by atoms with Gasteiger partial charge >= 0.3 is 0 Å². The van der Waals surface area contributed by atoms with Crippen molar-refractivity contribution in [3.63, 3.8) is 0 Å². The Balaban J connectivity index is 1.81. The minimum Gasteiger partial charge on any atom is -0.325 e. The number of hydrogen-bond donors (Lipinski definition) is 2. The zero-order valence-electron chi connectivity index (χ0n) is 19.1. The predicted octanol–water partition coefficient (Wildman–Crippen LogP) is 4.89. The first-order valence-corrected chi connectivity index (χ1v) is 11.9. The first kappa shape index (κ1) is 23.9. The van der Waals surface area contributed by atoms with Crippen LogP contribution in [0.1, 0.15) is 52.0 Å². The summed E-state index contributed by atoms with van der Waals surface area (Å²) in [5.41, 5.74) is 1.56. The smallest absolute Gasteiger partial charge is 0.243 e. The second kappa shape index (κ2) is 9.38. The van der Waals surface area contributed by atoms with Crippen molar-refractivity contribution in [3.8, 4) is 12.1 Å². The van der Waals surface area contributed by atoms with Crippen LogP contribution in [0.15, 0.2) is 34.9 Å². The lowest BCUT2D eigenvalue weighted by molar-refractivity contribution is -0.127. The molecule has 1 spiro atoms. The number of hydrogen-bond acceptors (Lipinski definition) is 5. The van der Waals surface area contributed by atoms with Gasteiger partial charge in [-0.3, -0.25) is 9.59 Å². The molecular weight excluding hydrogens is 420 g/mol. The molecule has 1 aliphatic carbocycles. The lowest BCUT2D eigenvalue weighted by atomic mass is 9.56. The molecule has 1 aliphatic heterocycles. The Hall–Kier alpha value is -2.77. The number of carbonyl (C=O) groups excluding carboxylic acids is 2. The summed E-state index contributed by atoms with van der Waals surface area (Å²) in [4.78, 5) is 25.3. The lowest BCUT2D eigenvalue weighted by Gasteiger charge is -2.47. The van der Waals surface area contributed by atoms with Gasteiger partial charge in [0.15, 0.2) is 0 Å². The first-order chi connectivity index (χ1) is 15.1. The zero-order chi connectivity index (χ0) is 23.5. The number of amides is 2. The van der Waals surface area contributed by atoms with Crippen LogP contribution in [0, 0.1) is 52.3 Å². The van der Waals surface area contributed by atoms with Gasteiger partial charge in [0.05, 0.1) is 28.5 Å². The lowest BCUT2D eigenvalue weighted by Crippen LogP contribution is -2.49. The number of nitriles is 2. The largest absolute Gasteiger partial charge is 0.325 e. The Kier molecular flexibility index (Phi) is 7.00. The maximum Gasteiger partial charge on any atom is 0.243 e. The molecule has 7 heteroatoms. The van der Waals surface area contributed by atoms with E-state index in [0.717, 1.165) is 30.2 Å². The Morgan fingerprint density at radius 2 is 1.97 bits per heavy atom. The summed E-state index contributed by atoms with van der Waals surface area (Å²) >= 11 is 1.16. The summed E-state index contributed by atoms with van der Waals surface area (Å²) in [5, 5.41) is 25.9.